The molecule has 0 aromatic heterocycles. The Labute approximate surface area is 126 Å². The molecular formula is C14H28N4O3. The Bertz CT molecular complexity index is 400. The second kappa shape index (κ2) is 7.40. The normalized spacial score (nSPS) is 13.3. The summed E-state index contributed by atoms with van der Waals surface area (Å²) < 4.78 is 0. The Hall–Kier alpha value is -1.63. The van der Waals surface area contributed by atoms with Gasteiger partial charge in [0.15, 0.2) is 0 Å². The monoisotopic (exact) mass is 300 g/mol. The smallest absolute Gasteiger partial charge is 0.242 e. The van der Waals surface area contributed by atoms with E-state index in [0.29, 0.717) is 6.42 Å². The van der Waals surface area contributed by atoms with Gasteiger partial charge >= 0.3 is 0 Å². The van der Waals surface area contributed by atoms with Crippen LogP contribution in [0, 0.1) is 5.41 Å². The van der Waals surface area contributed by atoms with Gasteiger partial charge in [0.25, 0.3) is 0 Å². The van der Waals surface area contributed by atoms with Crippen molar-refractivity contribution in [2.24, 2.45) is 11.1 Å². The highest BCUT2D eigenvalue weighted by molar-refractivity contribution is 5.93. The van der Waals surface area contributed by atoms with Crippen molar-refractivity contribution >= 4 is 17.7 Å². The van der Waals surface area contributed by atoms with E-state index in [1.807, 2.05) is 13.8 Å². The van der Waals surface area contributed by atoms with Gasteiger partial charge in [0.2, 0.25) is 17.7 Å². The molecule has 0 aromatic rings. The molecule has 0 aliphatic rings. The molecule has 21 heavy (non-hydrogen) atoms. The first kappa shape index (κ1) is 19.4. The van der Waals surface area contributed by atoms with Crippen LogP contribution in [0.1, 0.15) is 40.5 Å². The van der Waals surface area contributed by atoms with E-state index in [1.165, 1.54) is 14.1 Å². The van der Waals surface area contributed by atoms with Crippen LogP contribution in [-0.4, -0.2) is 43.4 Å². The molecule has 7 heteroatoms. The van der Waals surface area contributed by atoms with Gasteiger partial charge in [0.05, 0.1) is 6.42 Å². The number of nitrogens with two attached hydrogens (primary N) is 1. The first-order chi connectivity index (χ1) is 9.42. The zero-order valence-corrected chi connectivity index (χ0v) is 13.8. The standard InChI is InChI=1S/C14H28N4O3/c1-13(2,8-14(3,4)15)12(21)18-9(11(20)17-6)7-10(19)16-5/h9H,7-8,15H2,1-6H3,(H,16,19)(H,17,20)(H,18,21). The first-order valence-electron chi connectivity index (χ1n) is 6.95. The van der Waals surface area contributed by atoms with E-state index in [4.69, 9.17) is 5.73 Å². The fourth-order valence-corrected chi connectivity index (χ4v) is 2.24. The van der Waals surface area contributed by atoms with Crippen molar-refractivity contribution < 1.29 is 14.4 Å². The van der Waals surface area contributed by atoms with E-state index < -0.39 is 22.9 Å². The lowest BCUT2D eigenvalue weighted by molar-refractivity contribution is -0.136. The summed E-state index contributed by atoms with van der Waals surface area (Å²) >= 11 is 0. The summed E-state index contributed by atoms with van der Waals surface area (Å²) in [4.78, 5) is 35.6. The molecule has 0 bridgehead atoms. The summed E-state index contributed by atoms with van der Waals surface area (Å²) in [5.41, 5.74) is 4.70. The number of carbonyl (C=O) groups is 3. The molecule has 0 aliphatic carbocycles. The summed E-state index contributed by atoms with van der Waals surface area (Å²) in [7, 11) is 2.94. The number of hydrogen-bond acceptors (Lipinski definition) is 4. The molecule has 0 radical (unpaired) electrons. The quantitative estimate of drug-likeness (QED) is 0.508. The van der Waals surface area contributed by atoms with Crippen molar-refractivity contribution in [3.05, 3.63) is 0 Å². The fourth-order valence-electron chi connectivity index (χ4n) is 2.24. The van der Waals surface area contributed by atoms with Gasteiger partial charge in [-0.15, -0.1) is 0 Å². The first-order valence-corrected chi connectivity index (χ1v) is 6.95. The van der Waals surface area contributed by atoms with Gasteiger partial charge in [-0.3, -0.25) is 14.4 Å². The van der Waals surface area contributed by atoms with Crippen molar-refractivity contribution in [3.63, 3.8) is 0 Å². The lowest BCUT2D eigenvalue weighted by Crippen LogP contribution is -2.53. The zero-order valence-electron chi connectivity index (χ0n) is 13.8. The minimum absolute atomic E-state index is 0.107. The highest BCUT2D eigenvalue weighted by Gasteiger charge is 2.35. The van der Waals surface area contributed by atoms with Gasteiger partial charge in [-0.25, -0.2) is 0 Å². The van der Waals surface area contributed by atoms with Gasteiger partial charge in [-0.05, 0) is 20.3 Å². The number of nitrogens with one attached hydrogen (secondary N) is 3. The maximum Gasteiger partial charge on any atom is 0.242 e. The third-order valence-corrected chi connectivity index (χ3v) is 3.05. The Morgan fingerprint density at radius 2 is 1.57 bits per heavy atom. The van der Waals surface area contributed by atoms with Gasteiger partial charge in [0, 0.05) is 25.0 Å². The molecule has 0 saturated heterocycles. The van der Waals surface area contributed by atoms with E-state index >= 15 is 0 Å². The number of hydrogen-bond donors (Lipinski definition) is 4. The van der Waals surface area contributed by atoms with Crippen LogP contribution in [0.4, 0.5) is 0 Å². The van der Waals surface area contributed by atoms with E-state index in [1.54, 1.807) is 13.8 Å². The minimum atomic E-state index is -0.900. The summed E-state index contributed by atoms with van der Waals surface area (Å²) in [5.74, 6) is -1.03. The van der Waals surface area contributed by atoms with Crippen molar-refractivity contribution in [1.82, 2.24) is 16.0 Å². The van der Waals surface area contributed by atoms with Gasteiger partial charge < -0.3 is 21.7 Å². The Morgan fingerprint density at radius 3 is 1.95 bits per heavy atom. The van der Waals surface area contributed by atoms with Crippen LogP contribution in [-0.2, 0) is 14.4 Å². The second-order valence-electron chi connectivity index (χ2n) is 6.57. The van der Waals surface area contributed by atoms with Crippen LogP contribution in [0.2, 0.25) is 0 Å². The molecule has 0 fully saturated rings. The van der Waals surface area contributed by atoms with E-state index in [2.05, 4.69) is 16.0 Å². The third kappa shape index (κ3) is 7.08. The molecule has 5 N–H and O–H groups in total. The maximum absolute atomic E-state index is 12.4. The number of carbonyl (C=O) groups excluding carboxylic acids is 3. The van der Waals surface area contributed by atoms with Crippen molar-refractivity contribution in [2.75, 3.05) is 14.1 Å². The van der Waals surface area contributed by atoms with Gasteiger partial charge in [-0.2, -0.15) is 0 Å². The number of likely N-dealkylation sites (N-methyl/N-ethyl adjacent to an activating group) is 1. The summed E-state index contributed by atoms with van der Waals surface area (Å²) in [6.45, 7) is 7.20. The van der Waals surface area contributed by atoms with Crippen molar-refractivity contribution in [1.29, 1.82) is 0 Å². The van der Waals surface area contributed by atoms with Crippen LogP contribution in [0.25, 0.3) is 0 Å². The Morgan fingerprint density at radius 1 is 1.05 bits per heavy atom. The molecule has 7 nitrogen and oxygen atoms in total. The third-order valence-electron chi connectivity index (χ3n) is 3.05. The molecule has 0 heterocycles. The summed E-state index contributed by atoms with van der Waals surface area (Å²) in [5, 5.41) is 7.50. The van der Waals surface area contributed by atoms with Crippen LogP contribution < -0.4 is 21.7 Å². The minimum Gasteiger partial charge on any atom is -0.359 e. The van der Waals surface area contributed by atoms with Crippen LogP contribution >= 0.6 is 0 Å². The average molecular weight is 300 g/mol. The van der Waals surface area contributed by atoms with E-state index in [-0.39, 0.29) is 18.2 Å². The number of rotatable bonds is 7. The molecule has 1 atom stereocenters. The highest BCUT2D eigenvalue weighted by atomic mass is 16.2. The molecule has 122 valence electrons. The molecular weight excluding hydrogens is 272 g/mol. The molecule has 0 aromatic carbocycles. The van der Waals surface area contributed by atoms with Crippen molar-refractivity contribution in [2.45, 2.75) is 52.1 Å². The number of amides is 3. The van der Waals surface area contributed by atoms with Gasteiger partial charge in [-0.1, -0.05) is 13.8 Å². The summed E-state index contributed by atoms with van der Waals surface area (Å²) in [6, 6.07) is -0.900. The molecule has 0 saturated carbocycles. The predicted octanol–water partition coefficient (Wildman–Crippen LogP) is -0.493. The highest BCUT2D eigenvalue weighted by Crippen LogP contribution is 2.26. The SMILES string of the molecule is CNC(=O)CC(NC(=O)C(C)(C)CC(C)(C)N)C(=O)NC. The lowest BCUT2D eigenvalue weighted by Gasteiger charge is -2.32. The summed E-state index contributed by atoms with van der Waals surface area (Å²) in [6.07, 6.45) is 0.344. The Kier molecular flexibility index (Phi) is 6.82. The zero-order chi connectivity index (χ0) is 16.8. The molecule has 3 amide bonds. The maximum atomic E-state index is 12.4. The largest absolute Gasteiger partial charge is 0.359 e. The van der Waals surface area contributed by atoms with Crippen LogP contribution in [0.5, 0.6) is 0 Å². The predicted molar refractivity (Wildman–Crippen MR) is 81.3 cm³/mol. The molecule has 1 unspecified atom stereocenters. The van der Waals surface area contributed by atoms with Crippen LogP contribution in [0.15, 0.2) is 0 Å². The Balaban J connectivity index is 4.95. The van der Waals surface area contributed by atoms with E-state index in [0.717, 1.165) is 0 Å². The average Bonchev–Trinajstić information content (AvgIpc) is 2.33. The molecule has 0 aliphatic heterocycles. The van der Waals surface area contributed by atoms with Crippen molar-refractivity contribution in [3.8, 4) is 0 Å². The topological polar surface area (TPSA) is 113 Å². The van der Waals surface area contributed by atoms with E-state index in [9.17, 15) is 14.4 Å². The molecule has 0 spiro atoms. The molecule has 0 rings (SSSR count). The van der Waals surface area contributed by atoms with Crippen LogP contribution in [0.3, 0.4) is 0 Å². The van der Waals surface area contributed by atoms with Gasteiger partial charge in [0.1, 0.15) is 6.04 Å². The second-order valence-corrected chi connectivity index (χ2v) is 6.57. The fraction of sp³-hybridized carbons (Fsp3) is 0.786. The lowest BCUT2D eigenvalue weighted by atomic mass is 9.79.